The van der Waals surface area contributed by atoms with Crippen LogP contribution in [0.2, 0.25) is 0 Å². The molecule has 1 aliphatic carbocycles. The summed E-state index contributed by atoms with van der Waals surface area (Å²) in [5, 5.41) is 13.3. The molecule has 114 valence electrons. The Hall–Kier alpha value is -0.120. The molecule has 3 heteroatoms. The molecule has 3 nitrogen and oxygen atoms in total. The maximum Gasteiger partial charge on any atom is 0.0611 e. The maximum absolute atomic E-state index is 9.71. The van der Waals surface area contributed by atoms with Crippen LogP contribution < -0.4 is 5.32 Å². The molecule has 1 rings (SSSR count). The normalized spacial score (nSPS) is 23.2. The number of hydrogen-bond acceptors (Lipinski definition) is 3. The van der Waals surface area contributed by atoms with E-state index < -0.39 is 0 Å². The maximum atomic E-state index is 9.71. The minimum Gasteiger partial charge on any atom is -0.394 e. The molecule has 3 unspecified atom stereocenters. The van der Waals surface area contributed by atoms with E-state index in [2.05, 4.69) is 58.8 Å². The highest BCUT2D eigenvalue weighted by molar-refractivity contribution is 4.95. The van der Waals surface area contributed by atoms with Crippen LogP contribution in [0, 0.1) is 5.41 Å². The average molecular weight is 270 g/mol. The van der Waals surface area contributed by atoms with Gasteiger partial charge in [-0.15, -0.1) is 0 Å². The number of aliphatic hydroxyl groups excluding tert-OH is 1. The van der Waals surface area contributed by atoms with Gasteiger partial charge in [-0.1, -0.05) is 20.8 Å². The molecule has 0 aromatic carbocycles. The Labute approximate surface area is 119 Å². The van der Waals surface area contributed by atoms with Crippen molar-refractivity contribution >= 4 is 0 Å². The summed E-state index contributed by atoms with van der Waals surface area (Å²) in [4.78, 5) is 2.45. The molecule has 0 aliphatic heterocycles. The van der Waals surface area contributed by atoms with Crippen LogP contribution in [0.1, 0.15) is 60.8 Å². The molecule has 0 aromatic rings. The fourth-order valence-corrected chi connectivity index (χ4v) is 2.68. The van der Waals surface area contributed by atoms with Gasteiger partial charge in [0.25, 0.3) is 0 Å². The Morgan fingerprint density at radius 2 is 1.74 bits per heavy atom. The first-order chi connectivity index (χ1) is 8.59. The van der Waals surface area contributed by atoms with Gasteiger partial charge in [0.15, 0.2) is 0 Å². The van der Waals surface area contributed by atoms with Gasteiger partial charge in [-0.05, 0) is 52.5 Å². The predicted octanol–water partition coefficient (Wildman–Crippen LogP) is 2.63. The molecule has 0 aromatic heterocycles. The number of rotatable bonds is 7. The van der Waals surface area contributed by atoms with Crippen molar-refractivity contribution in [1.82, 2.24) is 10.2 Å². The van der Waals surface area contributed by atoms with Crippen molar-refractivity contribution in [1.29, 1.82) is 0 Å². The smallest absolute Gasteiger partial charge is 0.0611 e. The third-order valence-corrected chi connectivity index (χ3v) is 4.78. The number of nitrogens with one attached hydrogen (secondary N) is 1. The van der Waals surface area contributed by atoms with Crippen LogP contribution in [0.25, 0.3) is 0 Å². The van der Waals surface area contributed by atoms with Crippen molar-refractivity contribution in [2.24, 2.45) is 5.41 Å². The molecular weight excluding hydrogens is 236 g/mol. The molecular formula is C16H34N2O. The Morgan fingerprint density at radius 1 is 1.21 bits per heavy atom. The molecule has 0 saturated heterocycles. The quantitative estimate of drug-likeness (QED) is 0.746. The van der Waals surface area contributed by atoms with E-state index in [1.54, 1.807) is 0 Å². The van der Waals surface area contributed by atoms with Crippen LogP contribution in [-0.2, 0) is 0 Å². The van der Waals surface area contributed by atoms with E-state index in [9.17, 15) is 5.11 Å². The zero-order valence-electron chi connectivity index (χ0n) is 14.0. The highest BCUT2D eigenvalue weighted by Gasteiger charge is 2.35. The van der Waals surface area contributed by atoms with Crippen molar-refractivity contribution in [3.8, 4) is 0 Å². The van der Waals surface area contributed by atoms with Gasteiger partial charge in [0.1, 0.15) is 0 Å². The van der Waals surface area contributed by atoms with E-state index in [1.165, 1.54) is 12.8 Å². The van der Waals surface area contributed by atoms with Crippen molar-refractivity contribution in [2.45, 2.75) is 84.5 Å². The van der Waals surface area contributed by atoms with Gasteiger partial charge in [0.2, 0.25) is 0 Å². The lowest BCUT2D eigenvalue weighted by atomic mass is 9.85. The number of hydrogen-bond donors (Lipinski definition) is 2. The van der Waals surface area contributed by atoms with E-state index in [-0.39, 0.29) is 17.6 Å². The Bertz CT molecular complexity index is 283. The first kappa shape index (κ1) is 16.9. The van der Waals surface area contributed by atoms with E-state index in [0.29, 0.717) is 18.1 Å². The molecule has 2 N–H and O–H groups in total. The summed E-state index contributed by atoms with van der Waals surface area (Å²) >= 11 is 0. The van der Waals surface area contributed by atoms with E-state index >= 15 is 0 Å². The van der Waals surface area contributed by atoms with Gasteiger partial charge in [-0.3, -0.25) is 0 Å². The number of aliphatic hydroxyl groups is 1. The van der Waals surface area contributed by atoms with Gasteiger partial charge >= 0.3 is 0 Å². The summed E-state index contributed by atoms with van der Waals surface area (Å²) in [5.74, 6) is 0. The molecule has 3 atom stereocenters. The van der Waals surface area contributed by atoms with Gasteiger partial charge in [-0.25, -0.2) is 0 Å². The molecule has 0 spiro atoms. The molecule has 0 bridgehead atoms. The molecule has 1 saturated carbocycles. The largest absolute Gasteiger partial charge is 0.394 e. The molecule has 19 heavy (non-hydrogen) atoms. The second kappa shape index (κ2) is 6.11. The summed E-state index contributed by atoms with van der Waals surface area (Å²) < 4.78 is 0. The number of nitrogens with zero attached hydrogens (tertiary/aromatic N) is 1. The summed E-state index contributed by atoms with van der Waals surface area (Å²) in [6, 6.07) is 1.61. The Balaban J connectivity index is 2.58. The van der Waals surface area contributed by atoms with Crippen molar-refractivity contribution < 1.29 is 5.11 Å². The minimum atomic E-state index is -0.146. The van der Waals surface area contributed by atoms with Crippen LogP contribution in [-0.4, -0.2) is 47.3 Å². The highest BCUT2D eigenvalue weighted by atomic mass is 16.3. The van der Waals surface area contributed by atoms with Crippen LogP contribution >= 0.6 is 0 Å². The molecule has 1 aliphatic rings. The zero-order valence-corrected chi connectivity index (χ0v) is 14.0. The monoisotopic (exact) mass is 270 g/mol. The van der Waals surface area contributed by atoms with Crippen LogP contribution in [0.15, 0.2) is 0 Å². The van der Waals surface area contributed by atoms with Gasteiger partial charge < -0.3 is 15.3 Å². The Kier molecular flexibility index (Phi) is 5.44. The first-order valence-electron chi connectivity index (χ1n) is 7.69. The summed E-state index contributed by atoms with van der Waals surface area (Å²) in [6.45, 7) is 13.8. The molecule has 0 amide bonds. The van der Waals surface area contributed by atoms with Crippen molar-refractivity contribution in [3.63, 3.8) is 0 Å². The fourth-order valence-electron chi connectivity index (χ4n) is 2.68. The lowest BCUT2D eigenvalue weighted by molar-refractivity contribution is 0.0695. The second-order valence-electron chi connectivity index (χ2n) is 7.90. The van der Waals surface area contributed by atoms with Gasteiger partial charge in [0.05, 0.1) is 6.61 Å². The predicted molar refractivity (Wildman–Crippen MR) is 82.4 cm³/mol. The van der Waals surface area contributed by atoms with Crippen LogP contribution in [0.3, 0.4) is 0 Å². The SMILES string of the molecule is CC(CC(C)(CO)NC1CC1)N(C)C(C)C(C)(C)C. The standard InChI is InChI=1S/C16H34N2O/c1-12(18(7)13(2)15(3,4)5)10-16(6,11-19)17-14-8-9-14/h12-14,17,19H,8-11H2,1-7H3. The topological polar surface area (TPSA) is 35.5 Å². The lowest BCUT2D eigenvalue weighted by Crippen LogP contribution is -2.53. The molecule has 1 fully saturated rings. The minimum absolute atomic E-state index is 0.146. The molecule has 0 radical (unpaired) electrons. The van der Waals surface area contributed by atoms with Crippen LogP contribution in [0.5, 0.6) is 0 Å². The van der Waals surface area contributed by atoms with E-state index in [0.717, 1.165) is 6.42 Å². The summed E-state index contributed by atoms with van der Waals surface area (Å²) in [6.07, 6.45) is 3.51. The van der Waals surface area contributed by atoms with Crippen molar-refractivity contribution in [3.05, 3.63) is 0 Å². The fraction of sp³-hybridized carbons (Fsp3) is 1.00. The lowest BCUT2D eigenvalue weighted by Gasteiger charge is -2.42. The summed E-state index contributed by atoms with van der Waals surface area (Å²) in [7, 11) is 2.20. The average Bonchev–Trinajstić information content (AvgIpc) is 3.09. The third kappa shape index (κ3) is 5.05. The Morgan fingerprint density at radius 3 is 2.11 bits per heavy atom. The summed E-state index contributed by atoms with van der Waals surface area (Å²) in [5.41, 5.74) is 0.134. The molecule has 0 heterocycles. The van der Waals surface area contributed by atoms with E-state index in [1.807, 2.05) is 0 Å². The van der Waals surface area contributed by atoms with E-state index in [4.69, 9.17) is 0 Å². The third-order valence-electron chi connectivity index (χ3n) is 4.78. The van der Waals surface area contributed by atoms with Gasteiger partial charge in [-0.2, -0.15) is 0 Å². The first-order valence-corrected chi connectivity index (χ1v) is 7.69. The highest BCUT2D eigenvalue weighted by Crippen LogP contribution is 2.28. The van der Waals surface area contributed by atoms with Crippen molar-refractivity contribution in [2.75, 3.05) is 13.7 Å². The zero-order chi connectivity index (χ0) is 14.8. The second-order valence-corrected chi connectivity index (χ2v) is 7.90. The van der Waals surface area contributed by atoms with Gasteiger partial charge in [0, 0.05) is 23.7 Å². The van der Waals surface area contributed by atoms with Crippen LogP contribution in [0.4, 0.5) is 0 Å².